The van der Waals surface area contributed by atoms with Crippen LogP contribution < -0.4 is 19.5 Å². The van der Waals surface area contributed by atoms with Gasteiger partial charge in [0.15, 0.2) is 11.5 Å². The second kappa shape index (κ2) is 9.52. The second-order valence-electron chi connectivity index (χ2n) is 6.86. The van der Waals surface area contributed by atoms with E-state index in [2.05, 4.69) is 24.1 Å². The molecule has 1 N–H and O–H groups in total. The van der Waals surface area contributed by atoms with Crippen molar-refractivity contribution in [3.63, 3.8) is 0 Å². The molecule has 2 rings (SSSR count). The van der Waals surface area contributed by atoms with Gasteiger partial charge in [-0.2, -0.15) is 0 Å². The monoisotopic (exact) mass is 365 g/mol. The van der Waals surface area contributed by atoms with Gasteiger partial charge in [0.1, 0.15) is 0 Å². The molecule has 7 nitrogen and oxygen atoms in total. The molecule has 1 fully saturated rings. The third-order valence-corrected chi connectivity index (χ3v) is 4.60. The van der Waals surface area contributed by atoms with Gasteiger partial charge in [0.25, 0.3) is 0 Å². The van der Waals surface area contributed by atoms with E-state index in [1.807, 2.05) is 4.90 Å². The van der Waals surface area contributed by atoms with Crippen molar-refractivity contribution >= 4 is 11.7 Å². The molecule has 1 aromatic carbocycles. The maximum Gasteiger partial charge on any atom is 0.321 e. The molecule has 0 radical (unpaired) electrons. The Morgan fingerprint density at radius 3 is 2.08 bits per heavy atom. The van der Waals surface area contributed by atoms with Gasteiger partial charge in [-0.15, -0.1) is 0 Å². The van der Waals surface area contributed by atoms with Crippen LogP contribution in [0.3, 0.4) is 0 Å². The lowest BCUT2D eigenvalue weighted by Crippen LogP contribution is -2.50. The average Bonchev–Trinajstić information content (AvgIpc) is 2.65. The summed E-state index contributed by atoms with van der Waals surface area (Å²) in [6, 6.07) is 3.36. The molecule has 1 saturated heterocycles. The number of rotatable bonds is 7. The number of nitrogens with zero attached hydrogens (tertiary/aromatic N) is 2. The van der Waals surface area contributed by atoms with Crippen LogP contribution in [0.25, 0.3) is 0 Å². The van der Waals surface area contributed by atoms with Gasteiger partial charge in [-0.3, -0.25) is 4.90 Å². The van der Waals surface area contributed by atoms with Crippen molar-refractivity contribution in [2.75, 3.05) is 59.4 Å². The van der Waals surface area contributed by atoms with Gasteiger partial charge in [0, 0.05) is 38.3 Å². The number of piperazine rings is 1. The van der Waals surface area contributed by atoms with Gasteiger partial charge in [-0.25, -0.2) is 4.79 Å². The second-order valence-corrected chi connectivity index (χ2v) is 6.86. The SMILES string of the molecule is COc1cc(NC(=O)N2CCN(CCC(C)C)CC2)cc(OC)c1OC. The number of carbonyl (C=O) groups excluding carboxylic acids is 1. The van der Waals surface area contributed by atoms with Crippen LogP contribution in [0.1, 0.15) is 20.3 Å². The lowest BCUT2D eigenvalue weighted by atomic mass is 10.1. The van der Waals surface area contributed by atoms with Crippen LogP contribution in [0.4, 0.5) is 10.5 Å². The maximum absolute atomic E-state index is 12.6. The van der Waals surface area contributed by atoms with Crippen molar-refractivity contribution in [2.24, 2.45) is 5.92 Å². The molecule has 1 aromatic rings. The van der Waals surface area contributed by atoms with Gasteiger partial charge in [-0.1, -0.05) is 13.8 Å². The van der Waals surface area contributed by atoms with E-state index < -0.39 is 0 Å². The highest BCUT2D eigenvalue weighted by Crippen LogP contribution is 2.39. The highest BCUT2D eigenvalue weighted by Gasteiger charge is 2.22. The van der Waals surface area contributed by atoms with Gasteiger partial charge in [0.05, 0.1) is 27.0 Å². The molecule has 0 atom stereocenters. The molecule has 1 aliphatic rings. The summed E-state index contributed by atoms with van der Waals surface area (Å²) in [6.07, 6.45) is 1.19. The molecule has 7 heteroatoms. The van der Waals surface area contributed by atoms with Crippen molar-refractivity contribution in [2.45, 2.75) is 20.3 Å². The zero-order chi connectivity index (χ0) is 19.1. The summed E-state index contributed by atoms with van der Waals surface area (Å²) in [5.74, 6) is 2.24. The fourth-order valence-corrected chi connectivity index (χ4v) is 2.97. The first-order chi connectivity index (χ1) is 12.5. The van der Waals surface area contributed by atoms with Crippen LogP contribution >= 0.6 is 0 Å². The third-order valence-electron chi connectivity index (χ3n) is 4.60. The fraction of sp³-hybridized carbons (Fsp3) is 0.632. The topological polar surface area (TPSA) is 63.3 Å². The lowest BCUT2D eigenvalue weighted by molar-refractivity contribution is 0.143. The number of urea groups is 1. The Hall–Kier alpha value is -2.15. The van der Waals surface area contributed by atoms with Crippen molar-refractivity contribution in [3.8, 4) is 17.2 Å². The van der Waals surface area contributed by atoms with E-state index in [4.69, 9.17) is 14.2 Å². The van der Waals surface area contributed by atoms with E-state index >= 15 is 0 Å². The molecule has 2 amide bonds. The number of anilines is 1. The maximum atomic E-state index is 12.6. The van der Waals surface area contributed by atoms with Gasteiger partial charge >= 0.3 is 6.03 Å². The Morgan fingerprint density at radius 1 is 1.04 bits per heavy atom. The molecule has 146 valence electrons. The van der Waals surface area contributed by atoms with E-state index in [1.165, 1.54) is 6.42 Å². The number of amides is 2. The molecule has 26 heavy (non-hydrogen) atoms. The first-order valence-corrected chi connectivity index (χ1v) is 9.06. The molecule has 0 bridgehead atoms. The average molecular weight is 365 g/mol. The van der Waals surface area contributed by atoms with Crippen LogP contribution in [0.5, 0.6) is 17.2 Å². The number of hydrogen-bond acceptors (Lipinski definition) is 5. The zero-order valence-electron chi connectivity index (χ0n) is 16.5. The highest BCUT2D eigenvalue weighted by atomic mass is 16.5. The highest BCUT2D eigenvalue weighted by molar-refractivity contribution is 5.90. The Balaban J connectivity index is 1.96. The van der Waals surface area contributed by atoms with E-state index in [-0.39, 0.29) is 6.03 Å². The largest absolute Gasteiger partial charge is 0.493 e. The van der Waals surface area contributed by atoms with Crippen molar-refractivity contribution in [3.05, 3.63) is 12.1 Å². The minimum atomic E-state index is -0.109. The molecule has 0 aliphatic carbocycles. The summed E-state index contributed by atoms with van der Waals surface area (Å²) in [4.78, 5) is 16.8. The van der Waals surface area contributed by atoms with Crippen LogP contribution in [0, 0.1) is 5.92 Å². The molecule has 1 aliphatic heterocycles. The summed E-state index contributed by atoms with van der Waals surface area (Å²) >= 11 is 0. The predicted molar refractivity (Wildman–Crippen MR) is 103 cm³/mol. The number of methoxy groups -OCH3 is 3. The Morgan fingerprint density at radius 2 is 1.62 bits per heavy atom. The molecular weight excluding hydrogens is 334 g/mol. The standard InChI is InChI=1S/C19H31N3O4/c1-14(2)6-7-21-8-10-22(11-9-21)19(23)20-15-12-16(24-3)18(26-5)17(13-15)25-4/h12-14H,6-11H2,1-5H3,(H,20,23). The minimum absolute atomic E-state index is 0.109. The number of ether oxygens (including phenoxy) is 3. The smallest absolute Gasteiger partial charge is 0.321 e. The van der Waals surface area contributed by atoms with Crippen molar-refractivity contribution in [1.29, 1.82) is 0 Å². The van der Waals surface area contributed by atoms with Crippen LogP contribution in [-0.4, -0.2) is 69.9 Å². The summed E-state index contributed by atoms with van der Waals surface area (Å²) < 4.78 is 16.0. The Bertz CT molecular complexity index is 573. The van der Waals surface area contributed by atoms with Gasteiger partial charge in [-0.05, 0) is 18.9 Å². The fourth-order valence-electron chi connectivity index (χ4n) is 2.97. The summed E-state index contributed by atoms with van der Waals surface area (Å²) in [5, 5.41) is 2.93. The third kappa shape index (κ3) is 5.17. The predicted octanol–water partition coefficient (Wildman–Crippen LogP) is 2.91. The first kappa shape index (κ1) is 20.2. The first-order valence-electron chi connectivity index (χ1n) is 9.06. The van der Waals surface area contributed by atoms with Crippen LogP contribution in [0.15, 0.2) is 12.1 Å². The summed E-state index contributed by atoms with van der Waals surface area (Å²) in [7, 11) is 4.66. The number of nitrogens with one attached hydrogen (secondary N) is 1. The van der Waals surface area contributed by atoms with E-state index in [1.54, 1.807) is 33.5 Å². The molecule has 0 unspecified atom stereocenters. The summed E-state index contributed by atoms with van der Waals surface area (Å²) in [6.45, 7) is 8.86. The normalized spacial score (nSPS) is 15.1. The lowest BCUT2D eigenvalue weighted by Gasteiger charge is -2.35. The van der Waals surface area contributed by atoms with E-state index in [0.29, 0.717) is 28.9 Å². The number of benzene rings is 1. The molecular formula is C19H31N3O4. The van der Waals surface area contributed by atoms with E-state index in [0.717, 1.165) is 32.7 Å². The molecule has 0 spiro atoms. The van der Waals surface area contributed by atoms with Crippen molar-refractivity contribution in [1.82, 2.24) is 9.80 Å². The van der Waals surface area contributed by atoms with Crippen molar-refractivity contribution < 1.29 is 19.0 Å². The molecule has 0 saturated carbocycles. The van der Waals surface area contributed by atoms with Gasteiger partial charge < -0.3 is 24.4 Å². The van der Waals surface area contributed by atoms with E-state index in [9.17, 15) is 4.79 Å². The Kier molecular flexibility index (Phi) is 7.38. The zero-order valence-corrected chi connectivity index (χ0v) is 16.5. The summed E-state index contributed by atoms with van der Waals surface area (Å²) in [5.41, 5.74) is 0.617. The quantitative estimate of drug-likeness (QED) is 0.805. The van der Waals surface area contributed by atoms with Crippen LogP contribution in [-0.2, 0) is 0 Å². The number of hydrogen-bond donors (Lipinski definition) is 1. The molecule has 0 aromatic heterocycles. The molecule has 1 heterocycles. The Labute approximate surface area is 156 Å². The number of carbonyl (C=O) groups is 1. The van der Waals surface area contributed by atoms with Crippen LogP contribution in [0.2, 0.25) is 0 Å². The van der Waals surface area contributed by atoms with Gasteiger partial charge in [0.2, 0.25) is 5.75 Å². The minimum Gasteiger partial charge on any atom is -0.493 e.